The van der Waals surface area contributed by atoms with E-state index in [0.29, 0.717) is 12.8 Å². The number of allylic oxidation sites excluding steroid dienone is 2. The molecule has 0 bridgehead atoms. The van der Waals surface area contributed by atoms with Gasteiger partial charge in [-0.3, -0.25) is 9.59 Å². The Labute approximate surface area is 297 Å². The number of carbonyl (C=O) groups is 4. The lowest BCUT2D eigenvalue weighted by Crippen LogP contribution is -2.29. The van der Waals surface area contributed by atoms with E-state index in [4.69, 9.17) is 14.2 Å². The van der Waals surface area contributed by atoms with E-state index < -0.39 is 24.1 Å². The van der Waals surface area contributed by atoms with E-state index in [1.165, 1.54) is 14.0 Å². The summed E-state index contributed by atoms with van der Waals surface area (Å²) >= 11 is 0. The van der Waals surface area contributed by atoms with Gasteiger partial charge >= 0.3 is 23.9 Å². The summed E-state index contributed by atoms with van der Waals surface area (Å²) in [6.45, 7) is 7.28. The van der Waals surface area contributed by atoms with Crippen LogP contribution < -0.4 is 0 Å². The standard InChI is InChI=1S/C40H70O9/c1-6-8-10-22-28-36(30-24-18-13-11-15-19-25-31-37(42)46-5)49-40(45)34(4)47-38(43)32-26-20-16-12-14-17-23-29-35(27-21-9-7-2)48-39(44)33(3)41/h23-24,29-30,33-36,41H,6-22,25-28,31-32H2,1-5H3/b29-23+,30-24+. The molecule has 0 aliphatic carbocycles. The maximum Gasteiger partial charge on any atom is 0.347 e. The van der Waals surface area contributed by atoms with Crippen molar-refractivity contribution >= 4 is 23.9 Å². The topological polar surface area (TPSA) is 125 Å². The van der Waals surface area contributed by atoms with Crippen LogP contribution in [0.3, 0.4) is 0 Å². The van der Waals surface area contributed by atoms with Crippen molar-refractivity contribution in [1.29, 1.82) is 0 Å². The lowest BCUT2D eigenvalue weighted by atomic mass is 10.1. The molecule has 0 aromatic heterocycles. The summed E-state index contributed by atoms with van der Waals surface area (Å²) < 4.78 is 21.2. The normalized spacial score (nSPS) is 14.0. The molecular weight excluding hydrogens is 624 g/mol. The molecule has 0 radical (unpaired) electrons. The van der Waals surface area contributed by atoms with Gasteiger partial charge in [0.25, 0.3) is 0 Å². The molecule has 4 atom stereocenters. The minimum Gasteiger partial charge on any atom is -0.469 e. The summed E-state index contributed by atoms with van der Waals surface area (Å²) in [6, 6.07) is 0. The monoisotopic (exact) mass is 695 g/mol. The Morgan fingerprint density at radius 3 is 1.49 bits per heavy atom. The molecule has 0 aromatic rings. The molecular formula is C40H70O9. The van der Waals surface area contributed by atoms with Crippen LogP contribution in [-0.2, 0) is 38.1 Å². The molecule has 0 amide bonds. The number of hydrogen-bond acceptors (Lipinski definition) is 9. The summed E-state index contributed by atoms with van der Waals surface area (Å²) in [5.41, 5.74) is 0. The van der Waals surface area contributed by atoms with Gasteiger partial charge in [-0.2, -0.15) is 0 Å². The third-order valence-electron chi connectivity index (χ3n) is 8.38. The number of carbonyl (C=O) groups excluding carboxylic acids is 4. The minimum atomic E-state index is -1.12. The van der Waals surface area contributed by atoms with Gasteiger partial charge in [0.05, 0.1) is 7.11 Å². The maximum atomic E-state index is 12.8. The second kappa shape index (κ2) is 32.5. The summed E-state index contributed by atoms with van der Waals surface area (Å²) in [7, 11) is 1.42. The van der Waals surface area contributed by atoms with Crippen molar-refractivity contribution < 1.29 is 43.2 Å². The smallest absolute Gasteiger partial charge is 0.347 e. The van der Waals surface area contributed by atoms with Crippen molar-refractivity contribution in [3.63, 3.8) is 0 Å². The van der Waals surface area contributed by atoms with E-state index in [2.05, 4.69) is 30.7 Å². The summed E-state index contributed by atoms with van der Waals surface area (Å²) in [5.74, 6) is -1.63. The highest BCUT2D eigenvalue weighted by molar-refractivity contribution is 5.79. The fourth-order valence-corrected chi connectivity index (χ4v) is 5.28. The Morgan fingerprint density at radius 1 is 0.551 bits per heavy atom. The molecule has 1 N–H and O–H groups in total. The molecule has 0 aliphatic heterocycles. The summed E-state index contributed by atoms with van der Waals surface area (Å²) in [6.07, 6.45) is 26.6. The van der Waals surface area contributed by atoms with Gasteiger partial charge in [0.2, 0.25) is 0 Å². The van der Waals surface area contributed by atoms with Crippen LogP contribution in [0.15, 0.2) is 24.3 Å². The van der Waals surface area contributed by atoms with Gasteiger partial charge < -0.3 is 24.1 Å². The average Bonchev–Trinajstić information content (AvgIpc) is 3.07. The van der Waals surface area contributed by atoms with Crippen LogP contribution in [0.25, 0.3) is 0 Å². The predicted octanol–water partition coefficient (Wildman–Crippen LogP) is 9.42. The Bertz CT molecular complexity index is 911. The Morgan fingerprint density at radius 2 is 0.980 bits per heavy atom. The molecule has 9 heteroatoms. The molecule has 0 saturated heterocycles. The van der Waals surface area contributed by atoms with E-state index in [9.17, 15) is 24.3 Å². The van der Waals surface area contributed by atoms with Gasteiger partial charge in [-0.15, -0.1) is 0 Å². The quantitative estimate of drug-likeness (QED) is 0.0317. The fourth-order valence-electron chi connectivity index (χ4n) is 5.28. The minimum absolute atomic E-state index is 0.153. The second-order valence-electron chi connectivity index (χ2n) is 13.1. The van der Waals surface area contributed by atoms with Crippen molar-refractivity contribution in [2.75, 3.05) is 7.11 Å². The molecule has 0 fully saturated rings. The second-order valence-corrected chi connectivity index (χ2v) is 13.1. The molecule has 4 unspecified atom stereocenters. The molecule has 0 aromatic carbocycles. The number of aliphatic hydroxyl groups excluding tert-OH is 1. The molecule has 284 valence electrons. The molecule has 0 aliphatic rings. The van der Waals surface area contributed by atoms with Crippen molar-refractivity contribution in [1.82, 2.24) is 0 Å². The van der Waals surface area contributed by atoms with Gasteiger partial charge in [0.15, 0.2) is 6.10 Å². The van der Waals surface area contributed by atoms with E-state index in [1.807, 2.05) is 12.2 Å². The summed E-state index contributed by atoms with van der Waals surface area (Å²) in [5, 5.41) is 9.44. The highest BCUT2D eigenvalue weighted by atomic mass is 16.6. The number of methoxy groups -OCH3 is 1. The van der Waals surface area contributed by atoms with Crippen LogP contribution >= 0.6 is 0 Å². The molecule has 9 nitrogen and oxygen atoms in total. The third-order valence-corrected chi connectivity index (χ3v) is 8.38. The fraction of sp³-hybridized carbons (Fsp3) is 0.800. The van der Waals surface area contributed by atoms with Crippen molar-refractivity contribution in [3.8, 4) is 0 Å². The van der Waals surface area contributed by atoms with Gasteiger partial charge in [-0.1, -0.05) is 96.6 Å². The molecule has 0 spiro atoms. The summed E-state index contributed by atoms with van der Waals surface area (Å²) in [4.78, 5) is 48.1. The lowest BCUT2D eigenvalue weighted by Gasteiger charge is -2.18. The zero-order chi connectivity index (χ0) is 36.5. The first kappa shape index (κ1) is 46.3. The number of esters is 4. The first-order chi connectivity index (χ1) is 23.6. The zero-order valence-electron chi connectivity index (χ0n) is 31.6. The first-order valence-corrected chi connectivity index (χ1v) is 19.3. The van der Waals surface area contributed by atoms with Gasteiger partial charge in [-0.25, -0.2) is 9.59 Å². The van der Waals surface area contributed by atoms with Crippen LogP contribution in [-0.4, -0.2) is 60.5 Å². The van der Waals surface area contributed by atoms with Crippen LogP contribution in [0.5, 0.6) is 0 Å². The molecule has 0 saturated carbocycles. The molecule has 49 heavy (non-hydrogen) atoms. The largest absolute Gasteiger partial charge is 0.469 e. The first-order valence-electron chi connectivity index (χ1n) is 19.3. The predicted molar refractivity (Wildman–Crippen MR) is 195 cm³/mol. The number of aliphatic hydroxyl groups is 1. The van der Waals surface area contributed by atoms with E-state index >= 15 is 0 Å². The molecule has 0 heterocycles. The highest BCUT2D eigenvalue weighted by Crippen LogP contribution is 2.15. The Balaban J connectivity index is 4.37. The Hall–Kier alpha value is -2.68. The molecule has 0 rings (SSSR count). The van der Waals surface area contributed by atoms with E-state index in [-0.39, 0.29) is 30.6 Å². The van der Waals surface area contributed by atoms with Crippen LogP contribution in [0.4, 0.5) is 0 Å². The number of unbranched alkanes of at least 4 members (excludes halogenated alkanes) is 15. The maximum absolute atomic E-state index is 12.8. The van der Waals surface area contributed by atoms with Crippen molar-refractivity contribution in [3.05, 3.63) is 24.3 Å². The van der Waals surface area contributed by atoms with Crippen LogP contribution in [0.1, 0.15) is 175 Å². The zero-order valence-corrected chi connectivity index (χ0v) is 31.6. The number of hydrogen-bond donors (Lipinski definition) is 1. The van der Waals surface area contributed by atoms with Gasteiger partial charge in [0.1, 0.15) is 18.3 Å². The van der Waals surface area contributed by atoms with Crippen molar-refractivity contribution in [2.45, 2.75) is 200 Å². The highest BCUT2D eigenvalue weighted by Gasteiger charge is 2.22. The van der Waals surface area contributed by atoms with Crippen molar-refractivity contribution in [2.24, 2.45) is 0 Å². The van der Waals surface area contributed by atoms with E-state index in [0.717, 1.165) is 128 Å². The number of ether oxygens (including phenoxy) is 4. The van der Waals surface area contributed by atoms with E-state index in [1.54, 1.807) is 6.92 Å². The van der Waals surface area contributed by atoms with Gasteiger partial charge in [-0.05, 0) is 90.2 Å². The van der Waals surface area contributed by atoms with Gasteiger partial charge in [0, 0.05) is 12.8 Å². The van der Waals surface area contributed by atoms with Crippen LogP contribution in [0.2, 0.25) is 0 Å². The van der Waals surface area contributed by atoms with Crippen LogP contribution in [0, 0.1) is 0 Å². The Kier molecular flexibility index (Phi) is 30.7. The SMILES string of the molecule is CCCCCCC(/C=C/CCCCCCCC(=O)OC)OC(=O)C(C)OC(=O)CCCCCCC/C=C/C(CCCCC)OC(=O)C(C)O. The lowest BCUT2D eigenvalue weighted by molar-refractivity contribution is -0.169. The third kappa shape index (κ3) is 28.8. The number of rotatable bonds is 32. The average molecular weight is 695 g/mol.